The van der Waals surface area contributed by atoms with Crippen LogP contribution >= 0.6 is 0 Å². The summed E-state index contributed by atoms with van der Waals surface area (Å²) in [5, 5.41) is 0. The van der Waals surface area contributed by atoms with Gasteiger partial charge in [-0.3, -0.25) is 9.59 Å². The lowest BCUT2D eigenvalue weighted by atomic mass is 9.62. The molecule has 1 aliphatic heterocycles. The molecule has 0 radical (unpaired) electrons. The van der Waals surface area contributed by atoms with E-state index in [-0.39, 0.29) is 29.2 Å². The number of rotatable bonds is 7. The van der Waals surface area contributed by atoms with Crippen LogP contribution in [0.4, 0.5) is 0 Å². The molecule has 1 heterocycles. The van der Waals surface area contributed by atoms with E-state index in [1.165, 1.54) is 19.1 Å². The second kappa shape index (κ2) is 11.2. The molecule has 2 atom stereocenters. The molecule has 1 fully saturated rings. The number of hydrogen-bond donors (Lipinski definition) is 0. The average Bonchev–Trinajstić information content (AvgIpc) is 2.78. The lowest BCUT2D eigenvalue weighted by Gasteiger charge is -2.45. The van der Waals surface area contributed by atoms with Crippen molar-refractivity contribution in [3.8, 4) is 0 Å². The van der Waals surface area contributed by atoms with Gasteiger partial charge in [0.25, 0.3) is 10.0 Å². The fourth-order valence-electron chi connectivity index (χ4n) is 4.74. The minimum absolute atomic E-state index is 0.0533. The van der Waals surface area contributed by atoms with E-state index in [1.54, 1.807) is 6.92 Å². The molecule has 9 nitrogen and oxygen atoms in total. The van der Waals surface area contributed by atoms with Gasteiger partial charge in [0.05, 0.1) is 10.5 Å². The Balaban J connectivity index is 2.31. The van der Waals surface area contributed by atoms with E-state index < -0.39 is 56.4 Å². The van der Waals surface area contributed by atoms with Gasteiger partial charge in [-0.1, -0.05) is 48.1 Å². The number of nitrogens with zero attached hydrogens (tertiary/aromatic N) is 1. The Bertz CT molecular complexity index is 1180. The summed E-state index contributed by atoms with van der Waals surface area (Å²) >= 11 is 0. The highest BCUT2D eigenvalue weighted by atomic mass is 32.2. The first-order valence-electron chi connectivity index (χ1n) is 12.1. The van der Waals surface area contributed by atoms with Crippen LogP contribution in [0.2, 0.25) is 0 Å². The molecule has 2 amide bonds. The first kappa shape index (κ1) is 30.2. The summed E-state index contributed by atoms with van der Waals surface area (Å²) < 4.78 is 37.6. The number of esters is 2. The Hall–Kier alpha value is -3.01. The number of carbonyl (C=O) groups is 4. The van der Waals surface area contributed by atoms with Gasteiger partial charge in [0.15, 0.2) is 0 Å². The number of benzene rings is 1. The Labute approximate surface area is 219 Å². The van der Waals surface area contributed by atoms with E-state index in [4.69, 9.17) is 9.47 Å². The van der Waals surface area contributed by atoms with Gasteiger partial charge in [-0.25, -0.2) is 18.0 Å². The molecule has 2 rings (SSSR count). The number of hydrogen-bond acceptors (Lipinski definition) is 8. The third-order valence-electron chi connectivity index (χ3n) is 6.46. The highest BCUT2D eigenvalue weighted by Crippen LogP contribution is 2.47. The van der Waals surface area contributed by atoms with Crippen molar-refractivity contribution in [3.05, 3.63) is 42.0 Å². The molecule has 1 aliphatic rings. The number of carbonyl (C=O) groups excluding carboxylic acids is 4. The van der Waals surface area contributed by atoms with Gasteiger partial charge < -0.3 is 9.47 Å². The summed E-state index contributed by atoms with van der Waals surface area (Å²) in [6.07, 6.45) is 1.05. The molecule has 204 valence electrons. The predicted octanol–water partition coefficient (Wildman–Crippen LogP) is 4.13. The maximum Gasteiger partial charge on any atom is 0.338 e. The first-order valence-corrected chi connectivity index (χ1v) is 13.6. The highest BCUT2D eigenvalue weighted by Gasteiger charge is 2.51. The van der Waals surface area contributed by atoms with Gasteiger partial charge in [-0.15, -0.1) is 0 Å². The van der Waals surface area contributed by atoms with Gasteiger partial charge >= 0.3 is 11.9 Å². The van der Waals surface area contributed by atoms with Gasteiger partial charge in [-0.2, -0.15) is 4.31 Å². The van der Waals surface area contributed by atoms with E-state index in [9.17, 15) is 27.6 Å². The minimum atomic E-state index is -4.54. The second-order valence-corrected chi connectivity index (χ2v) is 13.0. The number of sulfonamides is 1. The summed E-state index contributed by atoms with van der Waals surface area (Å²) in [4.78, 5) is 50.4. The van der Waals surface area contributed by atoms with Crippen LogP contribution in [0, 0.1) is 22.7 Å². The van der Waals surface area contributed by atoms with E-state index in [0.717, 1.165) is 12.1 Å². The Morgan fingerprint density at radius 3 is 2.11 bits per heavy atom. The Kier molecular flexibility index (Phi) is 9.12. The first-order chi connectivity index (χ1) is 16.9. The summed E-state index contributed by atoms with van der Waals surface area (Å²) in [6.45, 7) is 15.6. The van der Waals surface area contributed by atoms with E-state index in [1.807, 2.05) is 34.6 Å². The second-order valence-electron chi connectivity index (χ2n) is 11.2. The third-order valence-corrected chi connectivity index (χ3v) is 8.17. The van der Waals surface area contributed by atoms with Gasteiger partial charge in [0, 0.05) is 17.4 Å². The number of imide groups is 1. The molecule has 1 aromatic rings. The van der Waals surface area contributed by atoms with Crippen molar-refractivity contribution < 1.29 is 37.1 Å². The molecule has 0 N–H and O–H groups in total. The van der Waals surface area contributed by atoms with Crippen molar-refractivity contribution in [2.45, 2.75) is 66.2 Å². The molecule has 37 heavy (non-hydrogen) atoms. The van der Waals surface area contributed by atoms with Crippen LogP contribution in [-0.2, 0) is 33.9 Å². The smallest absolute Gasteiger partial charge is 0.338 e. The predicted molar refractivity (Wildman–Crippen MR) is 137 cm³/mol. The van der Waals surface area contributed by atoms with Gasteiger partial charge in [-0.05, 0) is 54.9 Å². The summed E-state index contributed by atoms with van der Waals surface area (Å²) in [5.74, 6) is -4.25. The number of ether oxygens (including phenoxy) is 2. The maximum absolute atomic E-state index is 13.8. The fraction of sp³-hybridized carbons (Fsp3) is 0.556. The zero-order valence-corrected chi connectivity index (χ0v) is 23.4. The van der Waals surface area contributed by atoms with E-state index in [2.05, 4.69) is 6.58 Å². The lowest BCUT2D eigenvalue weighted by Crippen LogP contribution is -2.54. The molecule has 0 bridgehead atoms. The molecule has 10 heteroatoms. The van der Waals surface area contributed by atoms with Crippen molar-refractivity contribution in [2.75, 3.05) is 13.2 Å². The van der Waals surface area contributed by atoms with Crippen molar-refractivity contribution in [3.63, 3.8) is 0 Å². The van der Waals surface area contributed by atoms with Crippen LogP contribution in [0.3, 0.4) is 0 Å². The number of amides is 2. The quantitative estimate of drug-likeness (QED) is 0.221. The minimum Gasteiger partial charge on any atom is -0.459 e. The summed E-state index contributed by atoms with van der Waals surface area (Å²) in [5.41, 5.74) is -0.865. The van der Waals surface area contributed by atoms with Crippen molar-refractivity contribution in [2.24, 2.45) is 22.7 Å². The van der Waals surface area contributed by atoms with Crippen LogP contribution in [0.1, 0.15) is 71.7 Å². The van der Waals surface area contributed by atoms with E-state index >= 15 is 0 Å². The van der Waals surface area contributed by atoms with Crippen LogP contribution in [0.25, 0.3) is 0 Å². The van der Waals surface area contributed by atoms with Gasteiger partial charge in [0.2, 0.25) is 11.8 Å². The van der Waals surface area contributed by atoms with Gasteiger partial charge in [0.1, 0.15) is 13.2 Å². The van der Waals surface area contributed by atoms with Crippen LogP contribution in [-0.4, -0.2) is 49.7 Å². The maximum atomic E-state index is 13.8. The summed E-state index contributed by atoms with van der Waals surface area (Å²) in [6, 6.07) is 4.80. The third kappa shape index (κ3) is 6.85. The van der Waals surface area contributed by atoms with Crippen molar-refractivity contribution in [1.82, 2.24) is 4.31 Å². The van der Waals surface area contributed by atoms with Crippen molar-refractivity contribution >= 4 is 33.8 Å². The van der Waals surface area contributed by atoms with Crippen LogP contribution in [0.15, 0.2) is 41.3 Å². The molecule has 0 saturated carbocycles. The molecular formula is C27H37NO8S. The monoisotopic (exact) mass is 535 g/mol. The largest absolute Gasteiger partial charge is 0.459 e. The Morgan fingerprint density at radius 2 is 1.59 bits per heavy atom. The van der Waals surface area contributed by atoms with Crippen molar-refractivity contribution in [1.29, 1.82) is 0 Å². The average molecular weight is 536 g/mol. The van der Waals surface area contributed by atoms with E-state index in [0.29, 0.717) is 17.1 Å². The Morgan fingerprint density at radius 1 is 1.05 bits per heavy atom. The molecule has 1 saturated heterocycles. The molecule has 1 aromatic carbocycles. The normalized spacial score (nSPS) is 20.6. The van der Waals surface area contributed by atoms with Crippen LogP contribution < -0.4 is 0 Å². The molecule has 0 spiro atoms. The van der Waals surface area contributed by atoms with Crippen LogP contribution in [0.5, 0.6) is 0 Å². The SMILES string of the molecule is C=C(C)C(=O)OCCOC(=O)c1ccc(S(=O)(=O)N2C(=O)C(C)CCC(C)(C)C(C(C)(C)C)C2=O)cc1. The highest BCUT2D eigenvalue weighted by molar-refractivity contribution is 7.90. The molecule has 0 aliphatic carbocycles. The fourth-order valence-corrected chi connectivity index (χ4v) is 6.19. The zero-order chi connectivity index (χ0) is 28.3. The topological polar surface area (TPSA) is 124 Å². The standard InChI is InChI=1S/C27H37NO8S/c1-17(2)24(31)35-15-16-36-25(32)19-9-11-20(12-10-19)37(33,34)28-22(29)18(3)13-14-27(7,8)21(23(28)30)26(4,5)6/h9-12,18,21H,1,13-16H2,2-8H3. The molecule has 0 aromatic heterocycles. The zero-order valence-electron chi connectivity index (χ0n) is 22.6. The molecular weight excluding hydrogens is 498 g/mol. The lowest BCUT2D eigenvalue weighted by molar-refractivity contribution is -0.151. The summed E-state index contributed by atoms with van der Waals surface area (Å²) in [7, 11) is -4.54. The molecule has 2 unspecified atom stereocenters.